The molecule has 0 radical (unpaired) electrons. The molecule has 1 aromatic heterocycles. The fraction of sp³-hybridized carbons (Fsp3) is 0.0588. The Morgan fingerprint density at radius 3 is 2.67 bits per heavy atom. The Morgan fingerprint density at radius 1 is 1.05 bits per heavy atom. The lowest BCUT2D eigenvalue weighted by molar-refractivity contribution is -0.115. The van der Waals surface area contributed by atoms with E-state index in [-0.39, 0.29) is 18.1 Å². The minimum absolute atomic E-state index is 0.141. The maximum absolute atomic E-state index is 12.8. The number of anilines is 1. The van der Waals surface area contributed by atoms with E-state index in [4.69, 9.17) is 0 Å². The van der Waals surface area contributed by atoms with Gasteiger partial charge in [0.1, 0.15) is 5.82 Å². The smallest absolute Gasteiger partial charge is 0.228 e. The summed E-state index contributed by atoms with van der Waals surface area (Å²) < 4.78 is 12.8. The van der Waals surface area contributed by atoms with Crippen LogP contribution >= 0.6 is 0 Å². The van der Waals surface area contributed by atoms with E-state index in [0.29, 0.717) is 0 Å². The third-order valence-electron chi connectivity index (χ3n) is 3.20. The summed E-state index contributed by atoms with van der Waals surface area (Å²) in [6, 6.07) is 15.3. The normalized spacial score (nSPS) is 10.5. The number of hydrogen-bond donors (Lipinski definition) is 1. The Hall–Kier alpha value is -2.75. The third kappa shape index (κ3) is 3.05. The Morgan fingerprint density at radius 2 is 1.86 bits per heavy atom. The first-order valence-corrected chi connectivity index (χ1v) is 6.60. The molecule has 0 bridgehead atoms. The molecule has 3 aromatic rings. The molecule has 1 N–H and O–H groups in total. The second-order valence-corrected chi connectivity index (χ2v) is 4.73. The summed E-state index contributed by atoms with van der Waals surface area (Å²) in [5.41, 5.74) is 2.33. The molecule has 0 saturated carbocycles. The van der Waals surface area contributed by atoms with E-state index in [1.54, 1.807) is 18.3 Å². The van der Waals surface area contributed by atoms with Crippen molar-refractivity contribution in [2.45, 2.75) is 6.42 Å². The van der Waals surface area contributed by atoms with Gasteiger partial charge in [0, 0.05) is 11.6 Å². The summed E-state index contributed by atoms with van der Waals surface area (Å²) in [6.45, 7) is 0. The quantitative estimate of drug-likeness (QED) is 0.797. The second kappa shape index (κ2) is 5.71. The molecule has 0 spiro atoms. The lowest BCUT2D eigenvalue weighted by Gasteiger charge is -2.08. The van der Waals surface area contributed by atoms with E-state index in [0.717, 1.165) is 22.2 Å². The van der Waals surface area contributed by atoms with E-state index in [1.165, 1.54) is 12.1 Å². The Bertz CT molecular complexity index is 779. The number of nitrogens with one attached hydrogen (secondary N) is 1. The zero-order valence-corrected chi connectivity index (χ0v) is 11.2. The van der Waals surface area contributed by atoms with E-state index in [2.05, 4.69) is 10.3 Å². The summed E-state index contributed by atoms with van der Waals surface area (Å²) in [5, 5.41) is 3.77. The number of carbonyl (C=O) groups excluding carboxylic acids is 1. The monoisotopic (exact) mass is 280 g/mol. The number of hydrogen-bond acceptors (Lipinski definition) is 2. The molecule has 2 aromatic carbocycles. The summed E-state index contributed by atoms with van der Waals surface area (Å²) in [7, 11) is 0. The summed E-state index contributed by atoms with van der Waals surface area (Å²) in [4.78, 5) is 16.3. The van der Waals surface area contributed by atoms with Gasteiger partial charge in [0.25, 0.3) is 0 Å². The minimum atomic E-state index is -0.306. The van der Waals surface area contributed by atoms with Crippen LogP contribution in [0.1, 0.15) is 5.56 Å². The zero-order valence-electron chi connectivity index (χ0n) is 11.2. The van der Waals surface area contributed by atoms with Crippen molar-refractivity contribution in [3.63, 3.8) is 0 Å². The number of carbonyl (C=O) groups is 1. The molecule has 3 rings (SSSR count). The van der Waals surface area contributed by atoms with Crippen LogP contribution in [-0.4, -0.2) is 10.9 Å². The summed E-state index contributed by atoms with van der Waals surface area (Å²) in [5.74, 6) is -0.447. The van der Waals surface area contributed by atoms with E-state index in [9.17, 15) is 9.18 Å². The predicted molar refractivity (Wildman–Crippen MR) is 80.5 cm³/mol. The highest BCUT2D eigenvalue weighted by Crippen LogP contribution is 2.21. The Labute approximate surface area is 121 Å². The van der Waals surface area contributed by atoms with Gasteiger partial charge in [-0.3, -0.25) is 9.78 Å². The molecule has 1 heterocycles. The third-order valence-corrected chi connectivity index (χ3v) is 3.20. The average molecular weight is 280 g/mol. The van der Waals surface area contributed by atoms with Crippen LogP contribution in [0.15, 0.2) is 60.8 Å². The van der Waals surface area contributed by atoms with Crippen LogP contribution in [0.3, 0.4) is 0 Å². The highest BCUT2D eigenvalue weighted by Gasteiger charge is 2.07. The standard InChI is InChI=1S/C17H13FN2O/c18-13-8-6-12(7-9-13)11-17(21)20-16-5-1-4-15-14(16)3-2-10-19-15/h1-10H,11H2,(H,20,21). The molecule has 1 amide bonds. The van der Waals surface area contributed by atoms with Gasteiger partial charge in [-0.1, -0.05) is 18.2 Å². The number of benzene rings is 2. The molecule has 21 heavy (non-hydrogen) atoms. The summed E-state index contributed by atoms with van der Waals surface area (Å²) in [6.07, 6.45) is 1.92. The first-order chi connectivity index (χ1) is 10.2. The van der Waals surface area contributed by atoms with Crippen LogP contribution in [0.4, 0.5) is 10.1 Å². The van der Waals surface area contributed by atoms with Crippen molar-refractivity contribution in [1.82, 2.24) is 4.98 Å². The van der Waals surface area contributed by atoms with Crippen molar-refractivity contribution in [3.05, 3.63) is 72.2 Å². The van der Waals surface area contributed by atoms with Crippen molar-refractivity contribution in [1.29, 1.82) is 0 Å². The fourth-order valence-corrected chi connectivity index (χ4v) is 2.19. The van der Waals surface area contributed by atoms with E-state index in [1.807, 2.05) is 30.3 Å². The maximum atomic E-state index is 12.8. The summed E-state index contributed by atoms with van der Waals surface area (Å²) >= 11 is 0. The lowest BCUT2D eigenvalue weighted by Crippen LogP contribution is -2.14. The van der Waals surface area contributed by atoms with Crippen molar-refractivity contribution in [2.24, 2.45) is 0 Å². The molecule has 0 fully saturated rings. The molecule has 104 valence electrons. The van der Waals surface area contributed by atoms with Crippen LogP contribution in [0.25, 0.3) is 10.9 Å². The molecule has 3 nitrogen and oxygen atoms in total. The molecule has 0 unspecified atom stereocenters. The van der Waals surface area contributed by atoms with Gasteiger partial charge in [0.05, 0.1) is 17.6 Å². The van der Waals surface area contributed by atoms with Crippen LogP contribution < -0.4 is 5.32 Å². The van der Waals surface area contributed by atoms with Crippen LogP contribution in [-0.2, 0) is 11.2 Å². The zero-order chi connectivity index (χ0) is 14.7. The van der Waals surface area contributed by atoms with Crippen molar-refractivity contribution < 1.29 is 9.18 Å². The predicted octanol–water partition coefficient (Wildman–Crippen LogP) is 3.56. The number of amides is 1. The number of fused-ring (bicyclic) bond motifs is 1. The number of pyridine rings is 1. The number of rotatable bonds is 3. The number of halogens is 1. The molecular weight excluding hydrogens is 267 g/mol. The average Bonchev–Trinajstić information content (AvgIpc) is 2.50. The first-order valence-electron chi connectivity index (χ1n) is 6.60. The first kappa shape index (κ1) is 13.2. The molecular formula is C17H13FN2O. The maximum Gasteiger partial charge on any atom is 0.228 e. The topological polar surface area (TPSA) is 42.0 Å². The van der Waals surface area contributed by atoms with Crippen molar-refractivity contribution >= 4 is 22.5 Å². The molecule has 0 saturated heterocycles. The van der Waals surface area contributed by atoms with Gasteiger partial charge >= 0.3 is 0 Å². The SMILES string of the molecule is O=C(Cc1ccc(F)cc1)Nc1cccc2ncccc12. The van der Waals surface area contributed by atoms with Gasteiger partial charge < -0.3 is 5.32 Å². The molecule has 0 atom stereocenters. The van der Waals surface area contributed by atoms with Crippen LogP contribution in [0.5, 0.6) is 0 Å². The van der Waals surface area contributed by atoms with Gasteiger partial charge in [0.2, 0.25) is 5.91 Å². The molecule has 0 aliphatic carbocycles. The largest absolute Gasteiger partial charge is 0.325 e. The highest BCUT2D eigenvalue weighted by atomic mass is 19.1. The van der Waals surface area contributed by atoms with E-state index >= 15 is 0 Å². The van der Waals surface area contributed by atoms with Gasteiger partial charge in [-0.15, -0.1) is 0 Å². The fourth-order valence-electron chi connectivity index (χ4n) is 2.19. The number of nitrogens with zero attached hydrogens (tertiary/aromatic N) is 1. The van der Waals surface area contributed by atoms with E-state index < -0.39 is 0 Å². The van der Waals surface area contributed by atoms with Gasteiger partial charge in [-0.2, -0.15) is 0 Å². The number of aromatic nitrogens is 1. The van der Waals surface area contributed by atoms with Gasteiger partial charge in [-0.25, -0.2) is 4.39 Å². The van der Waals surface area contributed by atoms with Crippen LogP contribution in [0.2, 0.25) is 0 Å². The van der Waals surface area contributed by atoms with Crippen LogP contribution in [0, 0.1) is 5.82 Å². The van der Waals surface area contributed by atoms with Crippen molar-refractivity contribution in [2.75, 3.05) is 5.32 Å². The second-order valence-electron chi connectivity index (χ2n) is 4.73. The molecule has 0 aliphatic heterocycles. The van der Waals surface area contributed by atoms with Gasteiger partial charge in [-0.05, 0) is 42.0 Å². The highest BCUT2D eigenvalue weighted by molar-refractivity contribution is 6.01. The lowest BCUT2D eigenvalue weighted by atomic mass is 10.1. The Balaban J connectivity index is 1.79. The minimum Gasteiger partial charge on any atom is -0.325 e. The molecule has 4 heteroatoms. The van der Waals surface area contributed by atoms with Gasteiger partial charge in [0.15, 0.2) is 0 Å². The Kier molecular flexibility index (Phi) is 3.60. The van der Waals surface area contributed by atoms with Crippen molar-refractivity contribution in [3.8, 4) is 0 Å². The molecule has 0 aliphatic rings.